The summed E-state index contributed by atoms with van der Waals surface area (Å²) < 4.78 is 5.74. The Hall–Kier alpha value is -1.50. The van der Waals surface area contributed by atoms with Crippen LogP contribution in [0.2, 0.25) is 0 Å². The standard InChI is InChI=1S/C22H26O/c1-2-18-5-6-19(11-20(18)21-4-3-7-23-21)22-12-15-8-16(13-22)10-17(9-15)14-22/h3-7,11,15-17H,2,8-10,12-14H2,1H3. The van der Waals surface area contributed by atoms with Crippen molar-refractivity contribution in [2.24, 2.45) is 17.8 Å². The molecule has 4 bridgehead atoms. The number of furan rings is 1. The van der Waals surface area contributed by atoms with Crippen LogP contribution in [0.25, 0.3) is 11.3 Å². The molecule has 0 N–H and O–H groups in total. The monoisotopic (exact) mass is 306 g/mol. The third-order valence-electron chi connectivity index (χ3n) is 6.93. The fourth-order valence-corrected chi connectivity index (χ4v) is 6.34. The van der Waals surface area contributed by atoms with Gasteiger partial charge in [-0.2, -0.15) is 0 Å². The van der Waals surface area contributed by atoms with E-state index in [9.17, 15) is 0 Å². The molecule has 0 radical (unpaired) electrons. The molecular weight excluding hydrogens is 280 g/mol. The number of hydrogen-bond acceptors (Lipinski definition) is 1. The van der Waals surface area contributed by atoms with Gasteiger partial charge in [-0.15, -0.1) is 0 Å². The lowest BCUT2D eigenvalue weighted by atomic mass is 9.48. The summed E-state index contributed by atoms with van der Waals surface area (Å²) in [6.45, 7) is 2.24. The SMILES string of the molecule is CCc1ccc(C23CC4CC(CC(C4)C2)C3)cc1-c1ccco1. The van der Waals surface area contributed by atoms with E-state index in [1.54, 1.807) is 11.8 Å². The Morgan fingerprint density at radius 1 is 1.00 bits per heavy atom. The fraction of sp³-hybridized carbons (Fsp3) is 0.545. The predicted octanol–water partition coefficient (Wildman–Crippen LogP) is 5.98. The summed E-state index contributed by atoms with van der Waals surface area (Å²) in [5, 5.41) is 0. The first-order chi connectivity index (χ1) is 11.3. The van der Waals surface area contributed by atoms with Gasteiger partial charge >= 0.3 is 0 Å². The molecule has 0 unspecified atom stereocenters. The molecule has 0 amide bonds. The molecule has 4 fully saturated rings. The molecule has 4 aliphatic carbocycles. The van der Waals surface area contributed by atoms with Crippen LogP contribution in [0.4, 0.5) is 0 Å². The van der Waals surface area contributed by atoms with Crippen LogP contribution in [-0.2, 0) is 11.8 Å². The smallest absolute Gasteiger partial charge is 0.134 e. The van der Waals surface area contributed by atoms with Crippen molar-refractivity contribution in [2.45, 2.75) is 57.3 Å². The zero-order chi connectivity index (χ0) is 15.4. The second kappa shape index (κ2) is 5.00. The van der Waals surface area contributed by atoms with Gasteiger partial charge in [0.2, 0.25) is 0 Å². The van der Waals surface area contributed by atoms with Gasteiger partial charge in [-0.1, -0.05) is 19.1 Å². The van der Waals surface area contributed by atoms with Crippen molar-refractivity contribution in [3.63, 3.8) is 0 Å². The maximum atomic E-state index is 5.74. The third kappa shape index (κ3) is 2.12. The summed E-state index contributed by atoms with van der Waals surface area (Å²) in [7, 11) is 0. The normalized spacial score (nSPS) is 34.9. The number of aryl methyl sites for hydroxylation is 1. The lowest BCUT2D eigenvalue weighted by molar-refractivity contribution is -0.00517. The zero-order valence-electron chi connectivity index (χ0n) is 14.1. The van der Waals surface area contributed by atoms with Crippen molar-refractivity contribution in [1.82, 2.24) is 0 Å². The van der Waals surface area contributed by atoms with E-state index in [-0.39, 0.29) is 0 Å². The second-order valence-corrected chi connectivity index (χ2v) is 8.40. The molecule has 0 atom stereocenters. The Morgan fingerprint density at radius 2 is 1.70 bits per heavy atom. The maximum Gasteiger partial charge on any atom is 0.134 e. The van der Waals surface area contributed by atoms with E-state index < -0.39 is 0 Å². The first-order valence-electron chi connectivity index (χ1n) is 9.43. The molecule has 1 nitrogen and oxygen atoms in total. The molecule has 0 aliphatic heterocycles. The summed E-state index contributed by atoms with van der Waals surface area (Å²) in [6.07, 6.45) is 11.7. The van der Waals surface area contributed by atoms with Crippen LogP contribution in [-0.4, -0.2) is 0 Å². The highest BCUT2D eigenvalue weighted by Gasteiger charge is 2.51. The Balaban J connectivity index is 1.60. The van der Waals surface area contributed by atoms with Crippen LogP contribution in [0, 0.1) is 17.8 Å². The summed E-state index contributed by atoms with van der Waals surface area (Å²) in [5.41, 5.74) is 4.81. The Labute approximate surface area is 139 Å². The minimum absolute atomic E-state index is 0.475. The van der Waals surface area contributed by atoms with Gasteiger partial charge in [-0.3, -0.25) is 0 Å². The molecule has 6 rings (SSSR count). The molecule has 1 aromatic heterocycles. The van der Waals surface area contributed by atoms with Gasteiger partial charge in [0.1, 0.15) is 5.76 Å². The molecule has 4 saturated carbocycles. The Kier molecular flexibility index (Phi) is 3.02. The fourth-order valence-electron chi connectivity index (χ4n) is 6.34. The van der Waals surface area contributed by atoms with Gasteiger partial charge in [0.05, 0.1) is 6.26 Å². The van der Waals surface area contributed by atoms with Crippen molar-refractivity contribution in [3.05, 3.63) is 47.7 Å². The highest BCUT2D eigenvalue weighted by atomic mass is 16.3. The number of hydrogen-bond donors (Lipinski definition) is 0. The highest BCUT2D eigenvalue weighted by Crippen LogP contribution is 2.60. The summed E-state index contributed by atoms with van der Waals surface area (Å²) >= 11 is 0. The number of benzene rings is 1. The van der Waals surface area contributed by atoms with E-state index in [0.717, 1.165) is 29.9 Å². The van der Waals surface area contributed by atoms with Crippen molar-refractivity contribution >= 4 is 0 Å². The van der Waals surface area contributed by atoms with Crippen LogP contribution in [0.15, 0.2) is 41.0 Å². The molecule has 1 aromatic carbocycles. The van der Waals surface area contributed by atoms with Crippen LogP contribution in [0.5, 0.6) is 0 Å². The zero-order valence-corrected chi connectivity index (χ0v) is 14.1. The lowest BCUT2D eigenvalue weighted by Gasteiger charge is -2.57. The molecule has 0 saturated heterocycles. The molecule has 0 spiro atoms. The van der Waals surface area contributed by atoms with E-state index in [4.69, 9.17) is 4.42 Å². The molecule has 2 aromatic rings. The minimum Gasteiger partial charge on any atom is -0.464 e. The molecular formula is C22H26O. The first kappa shape index (κ1) is 13.9. The maximum absolute atomic E-state index is 5.74. The molecule has 1 heteroatoms. The van der Waals surface area contributed by atoms with Crippen LogP contribution < -0.4 is 0 Å². The van der Waals surface area contributed by atoms with Crippen LogP contribution in [0.3, 0.4) is 0 Å². The van der Waals surface area contributed by atoms with Gasteiger partial charge < -0.3 is 4.42 Å². The summed E-state index contributed by atoms with van der Waals surface area (Å²) in [5.74, 6) is 4.03. The average molecular weight is 306 g/mol. The molecule has 23 heavy (non-hydrogen) atoms. The topological polar surface area (TPSA) is 13.1 Å². The van der Waals surface area contributed by atoms with Crippen molar-refractivity contribution in [3.8, 4) is 11.3 Å². The van der Waals surface area contributed by atoms with Gasteiger partial charge in [-0.25, -0.2) is 0 Å². The van der Waals surface area contributed by atoms with E-state index in [2.05, 4.69) is 31.2 Å². The van der Waals surface area contributed by atoms with Gasteiger partial charge in [0, 0.05) is 5.56 Å². The molecule has 1 heterocycles. The lowest BCUT2D eigenvalue weighted by Crippen LogP contribution is -2.48. The molecule has 4 aliphatic rings. The van der Waals surface area contributed by atoms with Crippen LogP contribution in [0.1, 0.15) is 56.6 Å². The van der Waals surface area contributed by atoms with Crippen molar-refractivity contribution in [2.75, 3.05) is 0 Å². The van der Waals surface area contributed by atoms with Crippen molar-refractivity contribution < 1.29 is 4.42 Å². The van der Waals surface area contributed by atoms with E-state index in [1.807, 2.05) is 6.07 Å². The van der Waals surface area contributed by atoms with Gasteiger partial charge in [0.25, 0.3) is 0 Å². The second-order valence-electron chi connectivity index (χ2n) is 8.40. The Bertz CT molecular complexity index is 674. The van der Waals surface area contributed by atoms with E-state index in [0.29, 0.717) is 5.41 Å². The molecule has 120 valence electrons. The minimum atomic E-state index is 0.475. The third-order valence-corrected chi connectivity index (χ3v) is 6.93. The Morgan fingerprint density at radius 3 is 2.26 bits per heavy atom. The van der Waals surface area contributed by atoms with Gasteiger partial charge in [-0.05, 0) is 97.4 Å². The number of rotatable bonds is 3. The van der Waals surface area contributed by atoms with Gasteiger partial charge in [0.15, 0.2) is 0 Å². The predicted molar refractivity (Wildman–Crippen MR) is 93.4 cm³/mol. The summed E-state index contributed by atoms with van der Waals surface area (Å²) in [4.78, 5) is 0. The van der Waals surface area contributed by atoms with Crippen molar-refractivity contribution in [1.29, 1.82) is 0 Å². The highest BCUT2D eigenvalue weighted by molar-refractivity contribution is 5.64. The van der Waals surface area contributed by atoms with E-state index >= 15 is 0 Å². The van der Waals surface area contributed by atoms with E-state index in [1.165, 1.54) is 49.7 Å². The van der Waals surface area contributed by atoms with Crippen LogP contribution >= 0.6 is 0 Å². The largest absolute Gasteiger partial charge is 0.464 e. The summed E-state index contributed by atoms with van der Waals surface area (Å²) in [6, 6.07) is 11.4. The quantitative estimate of drug-likeness (QED) is 0.680. The average Bonchev–Trinajstić information content (AvgIpc) is 3.07. The first-order valence-corrected chi connectivity index (χ1v) is 9.43.